The van der Waals surface area contributed by atoms with Crippen molar-refractivity contribution in [3.05, 3.63) is 29.8 Å². The number of rotatable bonds is 10. The van der Waals surface area contributed by atoms with E-state index in [1.165, 1.54) is 18.4 Å². The number of hydrogen-bond donors (Lipinski definition) is 0. The van der Waals surface area contributed by atoms with Crippen molar-refractivity contribution in [2.45, 2.75) is 52.5 Å². The Morgan fingerprint density at radius 1 is 1.05 bits per heavy atom. The van der Waals surface area contributed by atoms with Crippen LogP contribution in [0.4, 0.5) is 0 Å². The van der Waals surface area contributed by atoms with Crippen molar-refractivity contribution in [3.63, 3.8) is 0 Å². The Balaban J connectivity index is 2.97. The van der Waals surface area contributed by atoms with Crippen molar-refractivity contribution in [1.29, 1.82) is 5.26 Å². The first-order chi connectivity index (χ1) is 10.2. The largest absolute Gasteiger partial charge is 0.391 e. The molecule has 0 aliphatic rings. The lowest BCUT2D eigenvalue weighted by molar-refractivity contribution is 0.196. The van der Waals surface area contributed by atoms with Gasteiger partial charge in [-0.25, -0.2) is 0 Å². The fraction of sp³-hybridized carbons (Fsp3) is 0.588. The molecule has 0 N–H and O–H groups in total. The van der Waals surface area contributed by atoms with E-state index in [9.17, 15) is 0 Å². The Bertz CT molecular complexity index is 433. The molecule has 1 rings (SSSR count). The molecular formula is C17H27NO2Si. The average molecular weight is 305 g/mol. The molecule has 4 heteroatoms. The van der Waals surface area contributed by atoms with Crippen LogP contribution in [-0.4, -0.2) is 21.8 Å². The monoisotopic (exact) mass is 305 g/mol. The normalized spacial score (nSPS) is 11.3. The zero-order chi connectivity index (χ0) is 15.6. The van der Waals surface area contributed by atoms with Gasteiger partial charge in [0.15, 0.2) is 0 Å². The van der Waals surface area contributed by atoms with Crippen LogP contribution in [0.5, 0.6) is 0 Å². The highest BCUT2D eigenvalue weighted by atomic mass is 28.4. The lowest BCUT2D eigenvalue weighted by Crippen LogP contribution is -2.53. The lowest BCUT2D eigenvalue weighted by atomic mass is 10.1. The Labute approximate surface area is 130 Å². The molecular weight excluding hydrogens is 278 g/mol. The van der Waals surface area contributed by atoms with E-state index >= 15 is 0 Å². The first-order valence-corrected chi connectivity index (χ1v) is 9.99. The zero-order valence-electron chi connectivity index (χ0n) is 13.5. The molecule has 0 saturated heterocycles. The van der Waals surface area contributed by atoms with Crippen molar-refractivity contribution < 1.29 is 8.85 Å². The summed E-state index contributed by atoms with van der Waals surface area (Å²) in [5.41, 5.74) is 1.36. The van der Waals surface area contributed by atoms with Crippen LogP contribution in [0.1, 0.15) is 45.6 Å². The molecule has 1 aromatic carbocycles. The van der Waals surface area contributed by atoms with Crippen LogP contribution in [0.15, 0.2) is 24.3 Å². The Morgan fingerprint density at radius 3 is 2.14 bits per heavy atom. The van der Waals surface area contributed by atoms with E-state index in [2.05, 4.69) is 37.3 Å². The molecule has 3 nitrogen and oxygen atoms in total. The second-order valence-electron chi connectivity index (χ2n) is 5.08. The maximum Gasteiger partial charge on any atom is 0.373 e. The van der Waals surface area contributed by atoms with Gasteiger partial charge in [-0.15, -0.1) is 0 Å². The van der Waals surface area contributed by atoms with Crippen LogP contribution < -0.4 is 5.19 Å². The van der Waals surface area contributed by atoms with E-state index in [4.69, 9.17) is 14.1 Å². The number of benzene rings is 1. The third kappa shape index (κ3) is 5.27. The fourth-order valence-electron chi connectivity index (χ4n) is 2.49. The average Bonchev–Trinajstić information content (AvgIpc) is 2.51. The topological polar surface area (TPSA) is 42.2 Å². The molecule has 0 spiro atoms. The first-order valence-electron chi connectivity index (χ1n) is 7.96. The van der Waals surface area contributed by atoms with Crippen molar-refractivity contribution in [3.8, 4) is 6.07 Å². The summed E-state index contributed by atoms with van der Waals surface area (Å²) in [6.07, 6.45) is 4.02. The van der Waals surface area contributed by atoms with E-state index in [1.807, 2.05) is 13.8 Å². The summed E-state index contributed by atoms with van der Waals surface area (Å²) in [6.45, 7) is 7.42. The lowest BCUT2D eigenvalue weighted by Gasteiger charge is -2.29. The Hall–Kier alpha value is -1.15. The van der Waals surface area contributed by atoms with Crippen molar-refractivity contribution in [1.82, 2.24) is 0 Å². The zero-order valence-corrected chi connectivity index (χ0v) is 14.5. The van der Waals surface area contributed by atoms with E-state index in [-0.39, 0.29) is 0 Å². The molecule has 116 valence electrons. The summed E-state index contributed by atoms with van der Waals surface area (Å²) in [4.78, 5) is 0. The third-order valence-corrected chi connectivity index (χ3v) is 7.16. The molecule has 0 unspecified atom stereocenters. The van der Waals surface area contributed by atoms with Crippen LogP contribution in [-0.2, 0) is 15.3 Å². The van der Waals surface area contributed by atoms with Crippen LogP contribution in [0, 0.1) is 11.3 Å². The number of nitrogens with zero attached hydrogens (tertiary/aromatic N) is 1. The van der Waals surface area contributed by atoms with Crippen LogP contribution in [0.3, 0.4) is 0 Å². The molecule has 0 saturated carbocycles. The minimum Gasteiger partial charge on any atom is -0.391 e. The van der Waals surface area contributed by atoms with Crippen LogP contribution in [0.25, 0.3) is 0 Å². The van der Waals surface area contributed by atoms with E-state index < -0.39 is 8.56 Å². The molecule has 0 amide bonds. The standard InChI is InChI=1S/C17H27NO2Si/c1-4-7-9-16-10-12-17(13-11-16)21(19-5-2,20-6-3)15-8-14-18/h10-13H,4-9,15H2,1-3H3. The summed E-state index contributed by atoms with van der Waals surface area (Å²) in [5, 5.41) is 10.1. The summed E-state index contributed by atoms with van der Waals surface area (Å²) in [7, 11) is -2.47. The van der Waals surface area contributed by atoms with Gasteiger partial charge in [0, 0.05) is 25.7 Å². The highest BCUT2D eigenvalue weighted by molar-refractivity contribution is 6.81. The quantitative estimate of drug-likeness (QED) is 0.619. The van der Waals surface area contributed by atoms with Gasteiger partial charge in [0.25, 0.3) is 0 Å². The third-order valence-electron chi connectivity index (χ3n) is 3.53. The molecule has 0 radical (unpaired) electrons. The smallest absolute Gasteiger partial charge is 0.373 e. The molecule has 21 heavy (non-hydrogen) atoms. The molecule has 0 bridgehead atoms. The second kappa shape index (κ2) is 9.72. The Kier molecular flexibility index (Phi) is 8.29. The van der Waals surface area contributed by atoms with Gasteiger partial charge in [0.2, 0.25) is 0 Å². The molecule has 0 aromatic heterocycles. The maximum atomic E-state index is 8.92. The van der Waals surface area contributed by atoms with Gasteiger partial charge in [0.05, 0.1) is 6.07 Å². The number of aryl methyl sites for hydroxylation is 1. The van der Waals surface area contributed by atoms with E-state index in [0.717, 1.165) is 11.6 Å². The predicted molar refractivity (Wildman–Crippen MR) is 88.7 cm³/mol. The molecule has 0 heterocycles. The van der Waals surface area contributed by atoms with Crippen molar-refractivity contribution in [2.24, 2.45) is 0 Å². The minimum atomic E-state index is -2.47. The molecule has 0 atom stereocenters. The SMILES string of the molecule is CCCCc1ccc([Si](CCC#N)(OCC)OCC)cc1. The van der Waals surface area contributed by atoms with E-state index in [1.54, 1.807) is 0 Å². The predicted octanol–water partition coefficient (Wildman–Crippen LogP) is 3.67. The van der Waals surface area contributed by atoms with Crippen molar-refractivity contribution in [2.75, 3.05) is 13.2 Å². The van der Waals surface area contributed by atoms with Gasteiger partial charge in [-0.3, -0.25) is 0 Å². The highest BCUT2D eigenvalue weighted by Crippen LogP contribution is 2.17. The minimum absolute atomic E-state index is 0.476. The number of hydrogen-bond acceptors (Lipinski definition) is 3. The summed E-state index contributed by atoms with van der Waals surface area (Å²) >= 11 is 0. The van der Waals surface area contributed by atoms with Gasteiger partial charge >= 0.3 is 8.56 Å². The maximum absolute atomic E-state index is 8.92. The second-order valence-corrected chi connectivity index (χ2v) is 8.24. The Morgan fingerprint density at radius 2 is 1.67 bits per heavy atom. The summed E-state index contributed by atoms with van der Waals surface area (Å²) in [6, 6.07) is 11.6. The fourth-order valence-corrected chi connectivity index (χ4v) is 5.53. The molecule has 0 fully saturated rings. The summed E-state index contributed by atoms with van der Waals surface area (Å²) < 4.78 is 12.1. The van der Waals surface area contributed by atoms with Gasteiger partial charge in [-0.1, -0.05) is 37.6 Å². The molecule has 0 aliphatic heterocycles. The van der Waals surface area contributed by atoms with Gasteiger partial charge in [-0.05, 0) is 37.4 Å². The van der Waals surface area contributed by atoms with Crippen molar-refractivity contribution >= 4 is 13.7 Å². The number of unbranched alkanes of at least 4 members (excludes halogenated alkanes) is 1. The highest BCUT2D eigenvalue weighted by Gasteiger charge is 2.39. The van der Waals surface area contributed by atoms with Gasteiger partial charge < -0.3 is 8.85 Å². The summed E-state index contributed by atoms with van der Waals surface area (Å²) in [5.74, 6) is 0. The number of nitriles is 1. The first kappa shape index (κ1) is 17.9. The van der Waals surface area contributed by atoms with Crippen LogP contribution in [0.2, 0.25) is 6.04 Å². The van der Waals surface area contributed by atoms with E-state index in [0.29, 0.717) is 25.7 Å². The van der Waals surface area contributed by atoms with Gasteiger partial charge in [-0.2, -0.15) is 5.26 Å². The molecule has 0 aliphatic carbocycles. The van der Waals surface area contributed by atoms with Gasteiger partial charge in [0.1, 0.15) is 0 Å². The van der Waals surface area contributed by atoms with Crippen LogP contribution >= 0.6 is 0 Å². The molecule has 1 aromatic rings.